The van der Waals surface area contributed by atoms with Crippen molar-refractivity contribution in [2.75, 3.05) is 19.0 Å². The molecule has 0 atom stereocenters. The van der Waals surface area contributed by atoms with Crippen LogP contribution in [0, 0.1) is 0 Å². The van der Waals surface area contributed by atoms with Crippen LogP contribution < -0.4 is 4.90 Å². The fraction of sp³-hybridized carbons (Fsp3) is 0.529. The van der Waals surface area contributed by atoms with Crippen LogP contribution in [0.1, 0.15) is 54.5 Å². The molecule has 1 aromatic heterocycles. The Morgan fingerprint density at radius 2 is 1.68 bits per heavy atom. The summed E-state index contributed by atoms with van der Waals surface area (Å²) in [5.41, 5.74) is 2.92. The summed E-state index contributed by atoms with van der Waals surface area (Å²) in [7, 11) is 3.33. The highest BCUT2D eigenvalue weighted by Gasteiger charge is 2.39. The third-order valence-corrected chi connectivity index (χ3v) is 5.07. The SMILES string of the molecule is CN(C)c1nc(C(F)(F)F)nn1-c1cc(S)c(C2CC2)cc1C1CC1. The molecule has 0 aliphatic heterocycles. The molecule has 2 saturated carbocycles. The van der Waals surface area contributed by atoms with E-state index >= 15 is 0 Å². The van der Waals surface area contributed by atoms with Gasteiger partial charge in [0.25, 0.3) is 5.82 Å². The van der Waals surface area contributed by atoms with Gasteiger partial charge in [-0.3, -0.25) is 0 Å². The van der Waals surface area contributed by atoms with Crippen molar-refractivity contribution in [3.63, 3.8) is 0 Å². The van der Waals surface area contributed by atoms with Gasteiger partial charge in [0.1, 0.15) is 0 Å². The maximum absolute atomic E-state index is 13.1. The van der Waals surface area contributed by atoms with Gasteiger partial charge in [0, 0.05) is 19.0 Å². The molecule has 0 unspecified atom stereocenters. The molecule has 4 rings (SSSR count). The molecule has 0 radical (unpaired) electrons. The van der Waals surface area contributed by atoms with E-state index in [2.05, 4.69) is 28.8 Å². The summed E-state index contributed by atoms with van der Waals surface area (Å²) in [6.45, 7) is 0. The molecular formula is C17H19F3N4S. The van der Waals surface area contributed by atoms with Gasteiger partial charge in [0.15, 0.2) is 0 Å². The van der Waals surface area contributed by atoms with Crippen LogP contribution in [-0.4, -0.2) is 28.9 Å². The monoisotopic (exact) mass is 368 g/mol. The molecule has 1 aromatic carbocycles. The van der Waals surface area contributed by atoms with Crippen LogP contribution >= 0.6 is 12.6 Å². The predicted octanol–water partition coefficient (Wildman–Crippen LogP) is 4.40. The lowest BCUT2D eigenvalue weighted by Gasteiger charge is -2.17. The molecule has 0 spiro atoms. The van der Waals surface area contributed by atoms with Crippen molar-refractivity contribution in [2.45, 2.75) is 48.6 Å². The third kappa shape index (κ3) is 3.12. The lowest BCUT2D eigenvalue weighted by atomic mass is 10.0. The van der Waals surface area contributed by atoms with E-state index in [0.29, 0.717) is 17.5 Å². The topological polar surface area (TPSA) is 34.0 Å². The number of nitrogens with zero attached hydrogens (tertiary/aromatic N) is 4. The smallest absolute Gasteiger partial charge is 0.347 e. The number of aromatic nitrogens is 3. The summed E-state index contributed by atoms with van der Waals surface area (Å²) in [5, 5.41) is 3.78. The van der Waals surface area contributed by atoms with Gasteiger partial charge in [0.05, 0.1) is 5.69 Å². The molecule has 134 valence electrons. The molecule has 2 aliphatic carbocycles. The Bertz CT molecular complexity index is 820. The van der Waals surface area contributed by atoms with E-state index in [4.69, 9.17) is 0 Å². The van der Waals surface area contributed by atoms with Crippen molar-refractivity contribution in [3.8, 4) is 5.69 Å². The summed E-state index contributed by atoms with van der Waals surface area (Å²) in [6.07, 6.45) is -0.154. The fourth-order valence-electron chi connectivity index (χ4n) is 3.11. The maximum Gasteiger partial charge on any atom is 0.453 e. The molecule has 0 amide bonds. The Labute approximate surface area is 149 Å². The van der Waals surface area contributed by atoms with E-state index in [1.165, 1.54) is 10.2 Å². The summed E-state index contributed by atoms with van der Waals surface area (Å²) < 4.78 is 40.7. The molecule has 25 heavy (non-hydrogen) atoms. The summed E-state index contributed by atoms with van der Waals surface area (Å²) in [6, 6.07) is 3.98. The quantitative estimate of drug-likeness (QED) is 0.813. The first-order valence-corrected chi connectivity index (χ1v) is 8.79. The number of anilines is 1. The molecule has 0 bridgehead atoms. The number of rotatable bonds is 4. The first-order chi connectivity index (χ1) is 11.8. The van der Waals surface area contributed by atoms with E-state index in [-0.39, 0.29) is 5.95 Å². The minimum Gasteiger partial charge on any atom is -0.347 e. The molecule has 0 saturated heterocycles. The molecule has 4 nitrogen and oxygen atoms in total. The average Bonchev–Trinajstić information content (AvgIpc) is 3.43. The maximum atomic E-state index is 13.1. The lowest BCUT2D eigenvalue weighted by Crippen LogP contribution is -2.16. The number of halogens is 3. The van der Waals surface area contributed by atoms with Crippen molar-refractivity contribution >= 4 is 18.6 Å². The second-order valence-electron chi connectivity index (χ2n) is 7.06. The lowest BCUT2D eigenvalue weighted by molar-refractivity contribution is -0.144. The highest BCUT2D eigenvalue weighted by Crippen LogP contribution is 2.49. The van der Waals surface area contributed by atoms with Gasteiger partial charge in [-0.1, -0.05) is 6.07 Å². The van der Waals surface area contributed by atoms with Gasteiger partial charge in [-0.15, -0.1) is 17.7 Å². The van der Waals surface area contributed by atoms with Gasteiger partial charge in [-0.05, 0) is 54.7 Å². The third-order valence-electron chi connectivity index (χ3n) is 4.68. The number of hydrogen-bond donors (Lipinski definition) is 1. The van der Waals surface area contributed by atoms with Crippen LogP contribution in [0.5, 0.6) is 0 Å². The van der Waals surface area contributed by atoms with Crippen LogP contribution in [0.15, 0.2) is 17.0 Å². The number of hydrogen-bond acceptors (Lipinski definition) is 4. The highest BCUT2D eigenvalue weighted by atomic mass is 32.1. The number of thiol groups is 1. The van der Waals surface area contributed by atoms with Crippen LogP contribution in [0.4, 0.5) is 19.1 Å². The van der Waals surface area contributed by atoms with E-state index in [0.717, 1.165) is 36.1 Å². The summed E-state index contributed by atoms with van der Waals surface area (Å²) >= 11 is 4.59. The summed E-state index contributed by atoms with van der Waals surface area (Å²) in [4.78, 5) is 6.07. The van der Waals surface area contributed by atoms with E-state index < -0.39 is 12.0 Å². The van der Waals surface area contributed by atoms with Gasteiger partial charge in [0.2, 0.25) is 5.95 Å². The van der Waals surface area contributed by atoms with E-state index in [1.807, 2.05) is 6.07 Å². The van der Waals surface area contributed by atoms with Gasteiger partial charge < -0.3 is 4.90 Å². The van der Waals surface area contributed by atoms with E-state index in [1.54, 1.807) is 19.0 Å². The van der Waals surface area contributed by atoms with Crippen molar-refractivity contribution < 1.29 is 13.2 Å². The second-order valence-corrected chi connectivity index (χ2v) is 7.54. The van der Waals surface area contributed by atoms with E-state index in [9.17, 15) is 13.2 Å². The molecule has 2 fully saturated rings. The Balaban J connectivity index is 1.89. The highest BCUT2D eigenvalue weighted by molar-refractivity contribution is 7.80. The number of alkyl halides is 3. The van der Waals surface area contributed by atoms with Crippen LogP contribution in [0.2, 0.25) is 0 Å². The zero-order valence-electron chi connectivity index (χ0n) is 14.0. The van der Waals surface area contributed by atoms with Crippen LogP contribution in [0.3, 0.4) is 0 Å². The predicted molar refractivity (Wildman–Crippen MR) is 91.9 cm³/mol. The summed E-state index contributed by atoms with van der Waals surface area (Å²) in [5.74, 6) is -0.0325. The molecule has 0 N–H and O–H groups in total. The molecule has 2 aromatic rings. The molecule has 1 heterocycles. The van der Waals surface area contributed by atoms with Crippen molar-refractivity contribution in [2.24, 2.45) is 0 Å². The first kappa shape index (κ1) is 16.8. The van der Waals surface area contributed by atoms with Gasteiger partial charge >= 0.3 is 6.18 Å². The zero-order chi connectivity index (χ0) is 17.9. The molecule has 2 aliphatic rings. The van der Waals surface area contributed by atoms with Crippen LogP contribution in [-0.2, 0) is 6.18 Å². The Kier molecular flexibility index (Phi) is 3.79. The average molecular weight is 368 g/mol. The van der Waals surface area contributed by atoms with Crippen molar-refractivity contribution in [3.05, 3.63) is 29.1 Å². The first-order valence-electron chi connectivity index (χ1n) is 8.34. The largest absolute Gasteiger partial charge is 0.453 e. The number of benzene rings is 1. The standard InChI is InChI=1S/C17H19F3N4S/c1-23(2)16-21-15(17(18,19)20)22-24(16)13-8-14(25)12(10-5-6-10)7-11(13)9-3-4-9/h7-10,25H,3-6H2,1-2H3. The minimum absolute atomic E-state index is 0.168. The normalized spacial score (nSPS) is 17.8. The van der Waals surface area contributed by atoms with Crippen molar-refractivity contribution in [1.29, 1.82) is 0 Å². The Morgan fingerprint density at radius 3 is 2.20 bits per heavy atom. The Morgan fingerprint density at radius 1 is 1.08 bits per heavy atom. The molecule has 8 heteroatoms. The van der Waals surface area contributed by atoms with Crippen LogP contribution in [0.25, 0.3) is 5.69 Å². The van der Waals surface area contributed by atoms with Crippen molar-refractivity contribution in [1.82, 2.24) is 14.8 Å². The van der Waals surface area contributed by atoms with Gasteiger partial charge in [-0.25, -0.2) is 0 Å². The zero-order valence-corrected chi connectivity index (χ0v) is 14.9. The minimum atomic E-state index is -4.58. The second kappa shape index (κ2) is 5.65. The van der Waals surface area contributed by atoms with Gasteiger partial charge in [-0.2, -0.15) is 22.8 Å². The Hall–Kier alpha value is -1.70. The molecular weight excluding hydrogens is 349 g/mol. The fourth-order valence-corrected chi connectivity index (χ4v) is 3.48.